The number of aliphatic hydroxyl groups is 1. The van der Waals surface area contributed by atoms with Gasteiger partial charge in [0, 0.05) is 18.8 Å². The molecular weight excluding hydrogens is 292 g/mol. The molecule has 0 unspecified atom stereocenters. The Labute approximate surface area is 124 Å². The van der Waals surface area contributed by atoms with E-state index in [1.807, 2.05) is 0 Å². The minimum absolute atomic E-state index is 0.0425. The normalized spacial score (nSPS) is 12.0. The molecule has 0 aliphatic rings. The highest BCUT2D eigenvalue weighted by Crippen LogP contribution is 2.29. The van der Waals surface area contributed by atoms with Gasteiger partial charge in [-0.2, -0.15) is 4.31 Å². The molecule has 7 heteroatoms. The van der Waals surface area contributed by atoms with Crippen molar-refractivity contribution < 1.29 is 17.9 Å². The Kier molecular flexibility index (Phi) is 4.46. The van der Waals surface area contributed by atoms with Gasteiger partial charge in [-0.05, 0) is 26.0 Å². The molecule has 0 atom stereocenters. The number of rotatable bonds is 5. The summed E-state index contributed by atoms with van der Waals surface area (Å²) in [7, 11) is -2.27. The van der Waals surface area contributed by atoms with Crippen LogP contribution in [0.15, 0.2) is 33.7 Å². The maximum atomic E-state index is 12.7. The van der Waals surface area contributed by atoms with E-state index >= 15 is 0 Å². The third kappa shape index (κ3) is 2.99. The minimum atomic E-state index is -3.75. The average Bonchev–Trinajstić information content (AvgIpc) is 2.74. The van der Waals surface area contributed by atoms with Gasteiger partial charge >= 0.3 is 0 Å². The van der Waals surface area contributed by atoms with Crippen LogP contribution in [0.4, 0.5) is 0 Å². The van der Waals surface area contributed by atoms with Crippen molar-refractivity contribution in [1.82, 2.24) is 9.29 Å². The molecule has 0 fully saturated rings. The van der Waals surface area contributed by atoms with Gasteiger partial charge in [0.15, 0.2) is 0 Å². The highest BCUT2D eigenvalue weighted by Gasteiger charge is 2.30. The lowest BCUT2D eigenvalue weighted by molar-refractivity contribution is 0.276. The van der Waals surface area contributed by atoms with Gasteiger partial charge in [-0.1, -0.05) is 6.07 Å². The third-order valence-corrected chi connectivity index (χ3v) is 5.26. The van der Waals surface area contributed by atoms with Gasteiger partial charge in [0.05, 0.1) is 18.8 Å². The second-order valence-electron chi connectivity index (χ2n) is 4.76. The summed E-state index contributed by atoms with van der Waals surface area (Å²) in [6.45, 7) is 2.98. The maximum absolute atomic E-state index is 12.7. The minimum Gasteiger partial charge on any atom is -0.465 e. The molecule has 0 amide bonds. The van der Waals surface area contributed by atoms with E-state index in [4.69, 9.17) is 4.42 Å². The molecule has 0 aromatic carbocycles. The molecule has 114 valence electrons. The lowest BCUT2D eigenvalue weighted by atomic mass is 10.2. The topological polar surface area (TPSA) is 83.6 Å². The van der Waals surface area contributed by atoms with Crippen LogP contribution in [-0.2, 0) is 23.2 Å². The van der Waals surface area contributed by atoms with Crippen molar-refractivity contribution >= 4 is 10.0 Å². The van der Waals surface area contributed by atoms with E-state index in [1.54, 1.807) is 38.2 Å². The summed E-state index contributed by atoms with van der Waals surface area (Å²) >= 11 is 0. The standard InChI is InChI=1S/C14H18N2O4S/c1-10-13(9-17)14(11(2)20-10)21(18,19)16(3)8-12-6-4-5-7-15-12/h4-7,17H,8-9H2,1-3H3. The zero-order valence-corrected chi connectivity index (χ0v) is 13.0. The highest BCUT2D eigenvalue weighted by atomic mass is 32.2. The van der Waals surface area contributed by atoms with Gasteiger partial charge in [0.25, 0.3) is 0 Å². The van der Waals surface area contributed by atoms with E-state index in [0.717, 1.165) is 0 Å². The number of aromatic nitrogens is 1. The second-order valence-corrected chi connectivity index (χ2v) is 6.74. The fourth-order valence-electron chi connectivity index (χ4n) is 2.19. The monoisotopic (exact) mass is 310 g/mol. The number of furan rings is 1. The van der Waals surface area contributed by atoms with Crippen molar-refractivity contribution in [1.29, 1.82) is 0 Å². The van der Waals surface area contributed by atoms with Gasteiger partial charge in [0.2, 0.25) is 10.0 Å². The summed E-state index contributed by atoms with van der Waals surface area (Å²) < 4.78 is 31.9. The van der Waals surface area contributed by atoms with E-state index in [9.17, 15) is 13.5 Å². The van der Waals surface area contributed by atoms with Gasteiger partial charge < -0.3 is 9.52 Å². The van der Waals surface area contributed by atoms with Crippen molar-refractivity contribution in [2.75, 3.05) is 7.05 Å². The van der Waals surface area contributed by atoms with Gasteiger partial charge in [-0.15, -0.1) is 0 Å². The van der Waals surface area contributed by atoms with Crippen LogP contribution in [0.3, 0.4) is 0 Å². The van der Waals surface area contributed by atoms with Crippen molar-refractivity contribution in [2.24, 2.45) is 0 Å². The van der Waals surface area contributed by atoms with Crippen LogP contribution in [-0.4, -0.2) is 29.9 Å². The molecule has 0 aliphatic carbocycles. The summed E-state index contributed by atoms with van der Waals surface area (Å²) in [5.41, 5.74) is 0.951. The number of sulfonamides is 1. The first-order valence-corrected chi connectivity index (χ1v) is 7.88. The lowest BCUT2D eigenvalue weighted by Gasteiger charge is -2.17. The van der Waals surface area contributed by atoms with E-state index in [2.05, 4.69) is 4.98 Å². The van der Waals surface area contributed by atoms with Crippen LogP contribution in [0.5, 0.6) is 0 Å². The number of nitrogens with zero attached hydrogens (tertiary/aromatic N) is 2. The third-order valence-electron chi connectivity index (χ3n) is 3.26. The lowest BCUT2D eigenvalue weighted by Crippen LogP contribution is -2.28. The zero-order chi connectivity index (χ0) is 15.6. The Morgan fingerprint density at radius 2 is 2.00 bits per heavy atom. The molecule has 0 spiro atoms. The molecule has 2 aromatic rings. The zero-order valence-electron chi connectivity index (χ0n) is 12.2. The predicted molar refractivity (Wildman–Crippen MR) is 77.0 cm³/mol. The van der Waals surface area contributed by atoms with Crippen LogP contribution >= 0.6 is 0 Å². The SMILES string of the molecule is Cc1oc(C)c(S(=O)(=O)N(C)Cc2ccccn2)c1CO. The number of aryl methyl sites for hydroxylation is 2. The summed E-state index contributed by atoms with van der Waals surface area (Å²) in [5, 5.41) is 9.39. The molecule has 0 radical (unpaired) electrons. The summed E-state index contributed by atoms with van der Waals surface area (Å²) in [4.78, 5) is 4.16. The first-order chi connectivity index (χ1) is 9.87. The smallest absolute Gasteiger partial charge is 0.247 e. The Morgan fingerprint density at radius 3 is 2.57 bits per heavy atom. The van der Waals surface area contributed by atoms with E-state index in [0.29, 0.717) is 17.0 Å². The number of hydrogen-bond donors (Lipinski definition) is 1. The quantitative estimate of drug-likeness (QED) is 0.907. The Balaban J connectivity index is 2.38. The molecule has 1 N–H and O–H groups in total. The average molecular weight is 310 g/mol. The highest BCUT2D eigenvalue weighted by molar-refractivity contribution is 7.89. The van der Waals surface area contributed by atoms with Crippen LogP contribution in [0.2, 0.25) is 0 Å². The van der Waals surface area contributed by atoms with Crippen LogP contribution in [0.25, 0.3) is 0 Å². The number of hydrogen-bond acceptors (Lipinski definition) is 5. The first kappa shape index (κ1) is 15.7. The van der Waals surface area contributed by atoms with Gasteiger partial charge in [0.1, 0.15) is 16.4 Å². The second kappa shape index (κ2) is 5.97. The fourth-order valence-corrected chi connectivity index (χ4v) is 3.73. The van der Waals surface area contributed by atoms with Gasteiger partial charge in [-0.3, -0.25) is 4.98 Å². The van der Waals surface area contributed by atoms with Crippen LogP contribution in [0.1, 0.15) is 22.8 Å². The summed E-state index contributed by atoms with van der Waals surface area (Å²) in [6.07, 6.45) is 1.61. The van der Waals surface area contributed by atoms with Crippen molar-refractivity contribution in [3.8, 4) is 0 Å². The Bertz CT molecular complexity index is 723. The molecule has 6 nitrogen and oxygen atoms in total. The number of pyridine rings is 1. The molecule has 2 heterocycles. The van der Waals surface area contributed by atoms with Crippen molar-refractivity contribution in [2.45, 2.75) is 31.9 Å². The summed E-state index contributed by atoms with van der Waals surface area (Å²) in [6, 6.07) is 5.33. The number of aliphatic hydroxyl groups excluding tert-OH is 1. The van der Waals surface area contributed by atoms with E-state index in [1.165, 1.54) is 11.4 Å². The molecular formula is C14H18N2O4S. The van der Waals surface area contributed by atoms with Gasteiger partial charge in [-0.25, -0.2) is 8.42 Å². The molecule has 21 heavy (non-hydrogen) atoms. The van der Waals surface area contributed by atoms with Crippen molar-refractivity contribution in [3.63, 3.8) is 0 Å². The molecule has 2 aromatic heterocycles. The Hall–Kier alpha value is -1.70. The van der Waals surface area contributed by atoms with Crippen LogP contribution in [0, 0.1) is 13.8 Å². The molecule has 0 bridgehead atoms. The fraction of sp³-hybridized carbons (Fsp3) is 0.357. The molecule has 0 aliphatic heterocycles. The first-order valence-electron chi connectivity index (χ1n) is 6.44. The van der Waals surface area contributed by atoms with Crippen molar-refractivity contribution in [3.05, 3.63) is 47.2 Å². The maximum Gasteiger partial charge on any atom is 0.247 e. The van der Waals surface area contributed by atoms with Crippen LogP contribution < -0.4 is 0 Å². The molecule has 2 rings (SSSR count). The molecule has 0 saturated carbocycles. The van der Waals surface area contributed by atoms with E-state index in [-0.39, 0.29) is 23.8 Å². The largest absolute Gasteiger partial charge is 0.465 e. The predicted octanol–water partition coefficient (Wildman–Crippen LogP) is 1.60. The van der Waals surface area contributed by atoms with E-state index < -0.39 is 10.0 Å². The molecule has 0 saturated heterocycles. The Morgan fingerprint density at radius 1 is 1.29 bits per heavy atom. The summed E-state index contributed by atoms with van der Waals surface area (Å²) in [5.74, 6) is 0.698.